The van der Waals surface area contributed by atoms with Gasteiger partial charge < -0.3 is 10.6 Å². The molecule has 1 aliphatic rings. The van der Waals surface area contributed by atoms with Gasteiger partial charge >= 0.3 is 0 Å². The van der Waals surface area contributed by atoms with E-state index in [1.165, 1.54) is 5.56 Å². The van der Waals surface area contributed by atoms with Gasteiger partial charge in [-0.1, -0.05) is 42.5 Å². The minimum atomic E-state index is 0.128. The molecule has 1 amide bonds. The van der Waals surface area contributed by atoms with E-state index in [1.54, 1.807) is 0 Å². The molecular formula is C20H24N2O. The van der Waals surface area contributed by atoms with E-state index in [9.17, 15) is 4.79 Å². The Bertz CT molecular complexity index is 696. The van der Waals surface area contributed by atoms with Gasteiger partial charge in [0.05, 0.1) is 0 Å². The molecule has 1 aliphatic heterocycles. The maximum Gasteiger partial charge on any atom is 0.254 e. The van der Waals surface area contributed by atoms with Gasteiger partial charge in [-0.3, -0.25) is 4.79 Å². The van der Waals surface area contributed by atoms with E-state index in [1.807, 2.05) is 43.0 Å². The number of carbonyl (C=O) groups excluding carboxylic acids is 1. The average molecular weight is 308 g/mol. The molecule has 3 nitrogen and oxygen atoms in total. The fraction of sp³-hybridized carbons (Fsp3) is 0.350. The normalized spacial score (nSPS) is 20.7. The van der Waals surface area contributed by atoms with Crippen molar-refractivity contribution in [1.82, 2.24) is 4.90 Å². The molecule has 2 N–H and O–H groups in total. The molecule has 2 aromatic carbocycles. The lowest BCUT2D eigenvalue weighted by Crippen LogP contribution is -2.30. The Kier molecular flexibility index (Phi) is 4.49. The van der Waals surface area contributed by atoms with Crippen molar-refractivity contribution in [3.63, 3.8) is 0 Å². The third-order valence-corrected chi connectivity index (χ3v) is 5.09. The Morgan fingerprint density at radius 1 is 1.09 bits per heavy atom. The molecule has 3 rings (SSSR count). The second kappa shape index (κ2) is 6.55. The standard InChI is InChI=1S/C20H24N2O/c1-14-7-6-10-18(15(14)2)20(23)22-12-17(11-21)19(13-22)16-8-4-3-5-9-16/h3-10,17,19H,11-13,21H2,1-2H3/t17-,19+/m1/s1. The van der Waals surface area contributed by atoms with Crippen LogP contribution in [0.3, 0.4) is 0 Å². The van der Waals surface area contributed by atoms with Gasteiger partial charge in [0.15, 0.2) is 0 Å². The lowest BCUT2D eigenvalue weighted by Gasteiger charge is -2.18. The quantitative estimate of drug-likeness (QED) is 0.947. The third-order valence-electron chi connectivity index (χ3n) is 5.09. The Balaban J connectivity index is 1.85. The van der Waals surface area contributed by atoms with Gasteiger partial charge in [0.25, 0.3) is 5.91 Å². The van der Waals surface area contributed by atoms with Crippen LogP contribution in [-0.4, -0.2) is 30.4 Å². The highest BCUT2D eigenvalue weighted by atomic mass is 16.2. The molecule has 120 valence electrons. The molecule has 0 bridgehead atoms. The van der Waals surface area contributed by atoms with Crippen molar-refractivity contribution in [2.45, 2.75) is 19.8 Å². The predicted molar refractivity (Wildman–Crippen MR) is 93.5 cm³/mol. The number of likely N-dealkylation sites (tertiary alicyclic amines) is 1. The van der Waals surface area contributed by atoms with Crippen LogP contribution in [0.5, 0.6) is 0 Å². The number of carbonyl (C=O) groups is 1. The van der Waals surface area contributed by atoms with Gasteiger partial charge in [-0.2, -0.15) is 0 Å². The molecular weight excluding hydrogens is 284 g/mol. The number of amides is 1. The van der Waals surface area contributed by atoms with E-state index < -0.39 is 0 Å². The van der Waals surface area contributed by atoms with E-state index in [4.69, 9.17) is 5.73 Å². The Morgan fingerprint density at radius 2 is 1.83 bits per heavy atom. The fourth-order valence-corrected chi connectivity index (χ4v) is 3.51. The number of nitrogens with zero attached hydrogens (tertiary/aromatic N) is 1. The van der Waals surface area contributed by atoms with E-state index >= 15 is 0 Å². The molecule has 0 unspecified atom stereocenters. The van der Waals surface area contributed by atoms with Crippen molar-refractivity contribution < 1.29 is 4.79 Å². The first-order valence-electron chi connectivity index (χ1n) is 8.22. The summed E-state index contributed by atoms with van der Waals surface area (Å²) in [6.45, 7) is 6.16. The smallest absolute Gasteiger partial charge is 0.254 e. The van der Waals surface area contributed by atoms with Gasteiger partial charge in [-0.25, -0.2) is 0 Å². The SMILES string of the molecule is Cc1cccc(C(=O)N2C[C@@H](CN)[C@H](c3ccccc3)C2)c1C. The summed E-state index contributed by atoms with van der Waals surface area (Å²) in [4.78, 5) is 14.9. The van der Waals surface area contributed by atoms with E-state index in [2.05, 4.69) is 24.3 Å². The Morgan fingerprint density at radius 3 is 2.52 bits per heavy atom. The number of benzene rings is 2. The fourth-order valence-electron chi connectivity index (χ4n) is 3.51. The topological polar surface area (TPSA) is 46.3 Å². The molecule has 3 heteroatoms. The van der Waals surface area contributed by atoms with Crippen molar-refractivity contribution in [3.8, 4) is 0 Å². The average Bonchev–Trinajstić information content (AvgIpc) is 3.02. The van der Waals surface area contributed by atoms with Crippen molar-refractivity contribution >= 4 is 5.91 Å². The summed E-state index contributed by atoms with van der Waals surface area (Å²) < 4.78 is 0. The highest BCUT2D eigenvalue weighted by Crippen LogP contribution is 2.33. The first-order chi connectivity index (χ1) is 11.1. The first-order valence-corrected chi connectivity index (χ1v) is 8.22. The third kappa shape index (κ3) is 3.02. The lowest BCUT2D eigenvalue weighted by atomic mass is 9.89. The molecule has 1 saturated heterocycles. The zero-order valence-electron chi connectivity index (χ0n) is 13.8. The molecule has 1 fully saturated rings. The van der Waals surface area contributed by atoms with Gasteiger partial charge in [-0.15, -0.1) is 0 Å². The van der Waals surface area contributed by atoms with Gasteiger partial charge in [-0.05, 0) is 49.1 Å². The van der Waals surface area contributed by atoms with E-state index in [0.29, 0.717) is 18.4 Å². The van der Waals surface area contributed by atoms with Crippen molar-refractivity contribution in [2.75, 3.05) is 19.6 Å². The van der Waals surface area contributed by atoms with Crippen LogP contribution in [0.2, 0.25) is 0 Å². The molecule has 0 radical (unpaired) electrons. The van der Waals surface area contributed by atoms with Gasteiger partial charge in [0.1, 0.15) is 0 Å². The molecule has 2 aromatic rings. The number of rotatable bonds is 3. The van der Waals surface area contributed by atoms with Crippen LogP contribution in [0.4, 0.5) is 0 Å². The van der Waals surface area contributed by atoms with Crippen LogP contribution < -0.4 is 5.73 Å². The van der Waals surface area contributed by atoms with Crippen LogP contribution in [0.25, 0.3) is 0 Å². The monoisotopic (exact) mass is 308 g/mol. The Hall–Kier alpha value is -2.13. The molecule has 0 aromatic heterocycles. The highest BCUT2D eigenvalue weighted by Gasteiger charge is 2.35. The molecule has 23 heavy (non-hydrogen) atoms. The lowest BCUT2D eigenvalue weighted by molar-refractivity contribution is 0.0785. The van der Waals surface area contributed by atoms with E-state index in [-0.39, 0.29) is 5.91 Å². The first kappa shape index (κ1) is 15.8. The summed E-state index contributed by atoms with van der Waals surface area (Å²) in [6, 6.07) is 16.3. The van der Waals surface area contributed by atoms with Gasteiger partial charge in [0, 0.05) is 24.6 Å². The summed E-state index contributed by atoms with van der Waals surface area (Å²) in [5.41, 5.74) is 10.3. The summed E-state index contributed by atoms with van der Waals surface area (Å²) >= 11 is 0. The van der Waals surface area contributed by atoms with Gasteiger partial charge in [0.2, 0.25) is 0 Å². The maximum atomic E-state index is 12.9. The summed E-state index contributed by atoms with van der Waals surface area (Å²) in [5.74, 6) is 0.782. The van der Waals surface area contributed by atoms with Crippen molar-refractivity contribution in [1.29, 1.82) is 0 Å². The van der Waals surface area contributed by atoms with Crippen LogP contribution >= 0.6 is 0 Å². The Labute approximate surface area is 138 Å². The molecule has 0 saturated carbocycles. The van der Waals surface area contributed by atoms with Crippen LogP contribution in [0, 0.1) is 19.8 Å². The summed E-state index contributed by atoms with van der Waals surface area (Å²) in [5, 5.41) is 0. The molecule has 0 spiro atoms. The number of nitrogens with two attached hydrogens (primary N) is 1. The summed E-state index contributed by atoms with van der Waals surface area (Å²) in [6.07, 6.45) is 0. The summed E-state index contributed by atoms with van der Waals surface area (Å²) in [7, 11) is 0. The van der Waals surface area contributed by atoms with Crippen LogP contribution in [0.1, 0.15) is 33.0 Å². The zero-order chi connectivity index (χ0) is 16.4. The van der Waals surface area contributed by atoms with Crippen molar-refractivity contribution in [2.24, 2.45) is 11.7 Å². The zero-order valence-corrected chi connectivity index (χ0v) is 13.8. The second-order valence-electron chi connectivity index (χ2n) is 6.47. The van der Waals surface area contributed by atoms with Crippen LogP contribution in [-0.2, 0) is 0 Å². The number of aryl methyl sites for hydroxylation is 1. The molecule has 2 atom stereocenters. The second-order valence-corrected chi connectivity index (χ2v) is 6.47. The highest BCUT2D eigenvalue weighted by molar-refractivity contribution is 5.96. The van der Waals surface area contributed by atoms with E-state index in [0.717, 1.165) is 29.8 Å². The van der Waals surface area contributed by atoms with Crippen molar-refractivity contribution in [3.05, 3.63) is 70.8 Å². The van der Waals surface area contributed by atoms with Crippen LogP contribution in [0.15, 0.2) is 48.5 Å². The largest absolute Gasteiger partial charge is 0.338 e. The minimum absolute atomic E-state index is 0.128. The number of hydrogen-bond acceptors (Lipinski definition) is 2. The molecule has 0 aliphatic carbocycles. The number of hydrogen-bond donors (Lipinski definition) is 1. The molecule has 1 heterocycles. The predicted octanol–water partition coefficient (Wildman–Crippen LogP) is 3.12. The minimum Gasteiger partial charge on any atom is -0.338 e. The maximum absolute atomic E-state index is 12.9.